The molecule has 1 unspecified atom stereocenters. The fraction of sp³-hybridized carbons (Fsp3) is 0.500. The molecule has 1 aliphatic rings. The predicted molar refractivity (Wildman–Crippen MR) is 90.1 cm³/mol. The van der Waals surface area contributed by atoms with Crippen LogP contribution in [0.3, 0.4) is 0 Å². The maximum absolute atomic E-state index is 12.1. The summed E-state index contributed by atoms with van der Waals surface area (Å²) >= 11 is 0. The first-order chi connectivity index (χ1) is 10.5. The summed E-state index contributed by atoms with van der Waals surface area (Å²) in [6.45, 7) is 1.47. The Morgan fingerprint density at radius 3 is 2.83 bits per heavy atom. The van der Waals surface area contributed by atoms with Crippen LogP contribution in [0.25, 0.3) is 0 Å². The van der Waals surface area contributed by atoms with Crippen LogP contribution in [0.5, 0.6) is 0 Å². The zero-order chi connectivity index (χ0) is 16.0. The Morgan fingerprint density at radius 1 is 1.39 bits per heavy atom. The summed E-state index contributed by atoms with van der Waals surface area (Å²) in [6.07, 6.45) is 1.64. The maximum atomic E-state index is 12.1. The summed E-state index contributed by atoms with van der Waals surface area (Å²) in [7, 11) is -3.61. The molecule has 130 valence electrons. The first kappa shape index (κ1) is 19.9. The van der Waals surface area contributed by atoms with E-state index < -0.39 is 10.0 Å². The Hall–Kier alpha value is -1.19. The predicted octanol–water partition coefficient (Wildman–Crippen LogP) is 0.710. The van der Waals surface area contributed by atoms with Gasteiger partial charge in [0, 0.05) is 25.4 Å². The minimum atomic E-state index is -3.61. The number of halogens is 1. The van der Waals surface area contributed by atoms with Crippen molar-refractivity contribution in [2.75, 3.05) is 31.6 Å². The number of sulfonamides is 1. The van der Waals surface area contributed by atoms with Crippen LogP contribution in [0.2, 0.25) is 0 Å². The first-order valence-corrected chi connectivity index (χ1v) is 8.69. The molecule has 23 heavy (non-hydrogen) atoms. The van der Waals surface area contributed by atoms with Gasteiger partial charge in [-0.2, -0.15) is 0 Å². The molecule has 1 aliphatic heterocycles. The van der Waals surface area contributed by atoms with E-state index in [4.69, 9.17) is 10.5 Å². The topological polar surface area (TPSA) is 111 Å². The van der Waals surface area contributed by atoms with Crippen molar-refractivity contribution in [3.8, 4) is 0 Å². The SMILES string of the molecule is Cl.NCCNS(=O)(=O)c1cccc(NC(=O)C2CCCOC2)c1. The molecule has 1 heterocycles. The molecule has 1 amide bonds. The van der Waals surface area contributed by atoms with Crippen LogP contribution in [-0.2, 0) is 19.6 Å². The fourth-order valence-electron chi connectivity index (χ4n) is 2.21. The lowest BCUT2D eigenvalue weighted by molar-refractivity contribution is -0.123. The van der Waals surface area contributed by atoms with Crippen LogP contribution in [0, 0.1) is 5.92 Å². The number of carbonyl (C=O) groups is 1. The molecule has 7 nitrogen and oxygen atoms in total. The molecule has 0 aliphatic carbocycles. The number of hydrogen-bond acceptors (Lipinski definition) is 5. The molecular weight excluding hydrogens is 342 g/mol. The molecule has 1 aromatic rings. The highest BCUT2D eigenvalue weighted by molar-refractivity contribution is 7.89. The van der Waals surface area contributed by atoms with Gasteiger partial charge in [0.25, 0.3) is 0 Å². The van der Waals surface area contributed by atoms with Gasteiger partial charge in [-0.25, -0.2) is 13.1 Å². The van der Waals surface area contributed by atoms with Crippen LogP contribution in [0.15, 0.2) is 29.2 Å². The van der Waals surface area contributed by atoms with E-state index in [0.29, 0.717) is 18.9 Å². The second-order valence-corrected chi connectivity index (χ2v) is 6.88. The van der Waals surface area contributed by atoms with E-state index >= 15 is 0 Å². The summed E-state index contributed by atoms with van der Waals surface area (Å²) in [6, 6.07) is 6.15. The lowest BCUT2D eigenvalue weighted by atomic mass is 10.0. The van der Waals surface area contributed by atoms with Gasteiger partial charge in [0.2, 0.25) is 15.9 Å². The quantitative estimate of drug-likeness (QED) is 0.689. The Bertz CT molecular complexity index is 618. The lowest BCUT2D eigenvalue weighted by Gasteiger charge is -2.21. The molecule has 4 N–H and O–H groups in total. The van der Waals surface area contributed by atoms with Crippen molar-refractivity contribution in [3.63, 3.8) is 0 Å². The standard InChI is InChI=1S/C14H21N3O4S.ClH/c15-6-7-16-22(19,20)13-5-1-4-12(9-13)17-14(18)11-3-2-8-21-10-11;/h1,4-5,9,11,16H,2-3,6-8,10,15H2,(H,17,18);1H. The Balaban J connectivity index is 0.00000264. The van der Waals surface area contributed by atoms with Crippen molar-refractivity contribution in [1.82, 2.24) is 4.72 Å². The third kappa shape index (κ3) is 5.74. The van der Waals surface area contributed by atoms with Crippen molar-refractivity contribution in [2.24, 2.45) is 11.7 Å². The molecule has 1 aromatic carbocycles. The van der Waals surface area contributed by atoms with Gasteiger partial charge >= 0.3 is 0 Å². The first-order valence-electron chi connectivity index (χ1n) is 7.21. The molecular formula is C14H22ClN3O4S. The van der Waals surface area contributed by atoms with E-state index in [9.17, 15) is 13.2 Å². The summed E-state index contributed by atoms with van der Waals surface area (Å²) < 4.78 is 31.7. The van der Waals surface area contributed by atoms with Gasteiger partial charge < -0.3 is 15.8 Å². The number of nitrogens with two attached hydrogens (primary N) is 1. The van der Waals surface area contributed by atoms with E-state index in [0.717, 1.165) is 12.8 Å². The minimum absolute atomic E-state index is 0. The smallest absolute Gasteiger partial charge is 0.240 e. The number of nitrogens with one attached hydrogen (secondary N) is 2. The molecule has 9 heteroatoms. The zero-order valence-electron chi connectivity index (χ0n) is 12.7. The highest BCUT2D eigenvalue weighted by Gasteiger charge is 2.22. The average molecular weight is 364 g/mol. The summed E-state index contributed by atoms with van der Waals surface area (Å²) in [4.78, 5) is 12.2. The van der Waals surface area contributed by atoms with Gasteiger partial charge in [-0.3, -0.25) is 4.79 Å². The highest BCUT2D eigenvalue weighted by atomic mass is 35.5. The van der Waals surface area contributed by atoms with Crippen LogP contribution in [-0.4, -0.2) is 40.6 Å². The lowest BCUT2D eigenvalue weighted by Crippen LogP contribution is -2.30. The Labute approximate surface area is 142 Å². The van der Waals surface area contributed by atoms with Crippen molar-refractivity contribution in [3.05, 3.63) is 24.3 Å². The number of anilines is 1. The van der Waals surface area contributed by atoms with Crippen LogP contribution < -0.4 is 15.8 Å². The highest BCUT2D eigenvalue weighted by Crippen LogP contribution is 2.19. The molecule has 0 aromatic heterocycles. The number of rotatable bonds is 6. The molecule has 0 spiro atoms. The average Bonchev–Trinajstić information content (AvgIpc) is 2.54. The van der Waals surface area contributed by atoms with Crippen molar-refractivity contribution in [2.45, 2.75) is 17.7 Å². The molecule has 0 saturated carbocycles. The monoisotopic (exact) mass is 363 g/mol. The summed E-state index contributed by atoms with van der Waals surface area (Å²) in [5.74, 6) is -0.339. The van der Waals surface area contributed by atoms with E-state index in [1.165, 1.54) is 12.1 Å². The molecule has 1 fully saturated rings. The largest absolute Gasteiger partial charge is 0.381 e. The normalized spacial score (nSPS) is 18.0. The van der Waals surface area contributed by atoms with E-state index in [-0.39, 0.29) is 42.2 Å². The second kappa shape index (κ2) is 9.19. The second-order valence-electron chi connectivity index (χ2n) is 5.12. The van der Waals surface area contributed by atoms with E-state index in [2.05, 4.69) is 10.0 Å². The van der Waals surface area contributed by atoms with E-state index in [1.54, 1.807) is 12.1 Å². The molecule has 1 saturated heterocycles. The van der Waals surface area contributed by atoms with Crippen LogP contribution in [0.4, 0.5) is 5.69 Å². The van der Waals surface area contributed by atoms with Crippen molar-refractivity contribution >= 4 is 34.0 Å². The summed E-state index contributed by atoms with van der Waals surface area (Å²) in [5, 5.41) is 2.74. The molecule has 1 atom stereocenters. The van der Waals surface area contributed by atoms with Gasteiger partial charge in [0.1, 0.15) is 0 Å². The van der Waals surface area contributed by atoms with Gasteiger partial charge in [-0.1, -0.05) is 6.07 Å². The van der Waals surface area contributed by atoms with Crippen molar-refractivity contribution < 1.29 is 17.9 Å². The summed E-state index contributed by atoms with van der Waals surface area (Å²) in [5.41, 5.74) is 5.75. The number of hydrogen-bond donors (Lipinski definition) is 3. The zero-order valence-corrected chi connectivity index (χ0v) is 14.3. The van der Waals surface area contributed by atoms with E-state index in [1.807, 2.05) is 0 Å². The third-order valence-corrected chi connectivity index (χ3v) is 4.84. The minimum Gasteiger partial charge on any atom is -0.381 e. The Morgan fingerprint density at radius 2 is 2.17 bits per heavy atom. The fourth-order valence-corrected chi connectivity index (χ4v) is 3.30. The van der Waals surface area contributed by atoms with Gasteiger partial charge in [0.15, 0.2) is 0 Å². The number of amides is 1. The van der Waals surface area contributed by atoms with Gasteiger partial charge in [0.05, 0.1) is 17.4 Å². The van der Waals surface area contributed by atoms with Crippen LogP contribution >= 0.6 is 12.4 Å². The Kier molecular flexibility index (Phi) is 7.93. The van der Waals surface area contributed by atoms with Gasteiger partial charge in [-0.05, 0) is 31.0 Å². The van der Waals surface area contributed by atoms with Crippen LogP contribution in [0.1, 0.15) is 12.8 Å². The van der Waals surface area contributed by atoms with Gasteiger partial charge in [-0.15, -0.1) is 12.4 Å². The number of benzene rings is 1. The molecule has 0 bridgehead atoms. The molecule has 0 radical (unpaired) electrons. The third-order valence-electron chi connectivity index (χ3n) is 3.38. The number of carbonyl (C=O) groups excluding carboxylic acids is 1. The maximum Gasteiger partial charge on any atom is 0.240 e. The molecule has 2 rings (SSSR count). The van der Waals surface area contributed by atoms with Crippen molar-refractivity contribution in [1.29, 1.82) is 0 Å². The number of ether oxygens (including phenoxy) is 1.